The van der Waals surface area contributed by atoms with Crippen molar-refractivity contribution in [1.82, 2.24) is 20.0 Å². The first-order valence-corrected chi connectivity index (χ1v) is 10.4. The van der Waals surface area contributed by atoms with Gasteiger partial charge in [0.15, 0.2) is 5.82 Å². The lowest BCUT2D eigenvalue weighted by molar-refractivity contribution is -0.135. The molecule has 2 saturated heterocycles. The molecular weight excluding hydrogens is 326 g/mol. The summed E-state index contributed by atoms with van der Waals surface area (Å²) < 4.78 is 2.14. The minimum Gasteiger partial charge on any atom is -0.347 e. The van der Waals surface area contributed by atoms with Gasteiger partial charge in [-0.3, -0.25) is 9.48 Å². The molecule has 3 aliphatic heterocycles. The van der Waals surface area contributed by atoms with Gasteiger partial charge < -0.3 is 15.1 Å². The second-order valence-corrected chi connectivity index (χ2v) is 9.18. The molecule has 6 nitrogen and oxygen atoms in total. The van der Waals surface area contributed by atoms with Crippen LogP contribution in [-0.2, 0) is 17.9 Å². The number of rotatable bonds is 3. The molecule has 0 aromatic carbocycles. The van der Waals surface area contributed by atoms with Crippen molar-refractivity contribution in [2.45, 2.75) is 77.0 Å². The SMILES string of the molecule is CC1(CC(=O)N2CCn3nc(N4C5CCC4CNC5)cc3C2)CCCC1. The minimum absolute atomic E-state index is 0.236. The van der Waals surface area contributed by atoms with Crippen LogP contribution in [0.4, 0.5) is 5.82 Å². The van der Waals surface area contributed by atoms with E-state index in [0.717, 1.165) is 45.0 Å². The number of aromatic nitrogens is 2. The van der Waals surface area contributed by atoms with Crippen LogP contribution in [0.3, 0.4) is 0 Å². The molecule has 2 atom stereocenters. The molecule has 1 N–H and O–H groups in total. The summed E-state index contributed by atoms with van der Waals surface area (Å²) in [6.07, 6.45) is 8.24. The zero-order valence-electron chi connectivity index (χ0n) is 15.9. The summed E-state index contributed by atoms with van der Waals surface area (Å²) in [6, 6.07) is 3.42. The number of fused-ring (bicyclic) bond motifs is 3. The second-order valence-electron chi connectivity index (χ2n) is 9.18. The molecule has 142 valence electrons. The Labute approximate surface area is 155 Å². The van der Waals surface area contributed by atoms with Gasteiger partial charge in [-0.2, -0.15) is 5.10 Å². The van der Waals surface area contributed by atoms with Crippen LogP contribution >= 0.6 is 0 Å². The maximum absolute atomic E-state index is 12.9. The minimum atomic E-state index is 0.236. The molecule has 2 unspecified atom stereocenters. The summed E-state index contributed by atoms with van der Waals surface area (Å²) in [6.45, 7) is 6.80. The van der Waals surface area contributed by atoms with Crippen LogP contribution in [0.25, 0.3) is 0 Å². The van der Waals surface area contributed by atoms with Crippen molar-refractivity contribution in [3.8, 4) is 0 Å². The Bertz CT molecular complexity index is 676. The van der Waals surface area contributed by atoms with Crippen LogP contribution in [0.2, 0.25) is 0 Å². The third-order valence-electron chi connectivity index (χ3n) is 7.17. The van der Waals surface area contributed by atoms with Gasteiger partial charge in [-0.1, -0.05) is 19.8 Å². The van der Waals surface area contributed by atoms with Crippen LogP contribution in [-0.4, -0.2) is 52.3 Å². The Morgan fingerprint density at radius 2 is 1.96 bits per heavy atom. The highest BCUT2D eigenvalue weighted by Gasteiger charge is 2.39. The number of carbonyl (C=O) groups excluding carboxylic acids is 1. The van der Waals surface area contributed by atoms with Crippen molar-refractivity contribution >= 4 is 11.7 Å². The number of piperazine rings is 1. The Morgan fingerprint density at radius 1 is 1.23 bits per heavy atom. The summed E-state index contributed by atoms with van der Waals surface area (Å²) in [5.41, 5.74) is 1.44. The van der Waals surface area contributed by atoms with Gasteiger partial charge in [-0.05, 0) is 31.1 Å². The monoisotopic (exact) mass is 357 g/mol. The zero-order valence-corrected chi connectivity index (χ0v) is 15.9. The Hall–Kier alpha value is -1.56. The standard InChI is InChI=1S/C20H31N5O/c1-20(6-2-3-7-20)11-19(26)23-8-9-24-17(14-23)10-18(22-24)25-15-4-5-16(25)13-21-12-15/h10,15-16,21H,2-9,11-14H2,1H3. The number of carbonyl (C=O) groups is 1. The first kappa shape index (κ1) is 16.6. The molecular formula is C20H31N5O. The molecule has 4 heterocycles. The number of hydrogen-bond donors (Lipinski definition) is 1. The van der Waals surface area contributed by atoms with Gasteiger partial charge in [0.2, 0.25) is 5.91 Å². The third-order valence-corrected chi connectivity index (χ3v) is 7.17. The molecule has 1 aromatic heterocycles. The normalized spacial score (nSPS) is 29.9. The Balaban J connectivity index is 1.29. The van der Waals surface area contributed by atoms with Crippen LogP contribution in [0.5, 0.6) is 0 Å². The van der Waals surface area contributed by atoms with E-state index in [2.05, 4.69) is 32.8 Å². The summed E-state index contributed by atoms with van der Waals surface area (Å²) in [5.74, 6) is 1.47. The van der Waals surface area contributed by atoms with Crippen LogP contribution in [0, 0.1) is 5.41 Å². The van der Waals surface area contributed by atoms with Gasteiger partial charge in [0, 0.05) is 44.2 Å². The number of amides is 1. The topological polar surface area (TPSA) is 53.4 Å². The first-order valence-electron chi connectivity index (χ1n) is 10.4. The maximum atomic E-state index is 12.9. The average molecular weight is 358 g/mol. The predicted molar refractivity (Wildman–Crippen MR) is 101 cm³/mol. The van der Waals surface area contributed by atoms with Crippen molar-refractivity contribution < 1.29 is 4.79 Å². The predicted octanol–water partition coefficient (Wildman–Crippen LogP) is 2.14. The summed E-state index contributed by atoms with van der Waals surface area (Å²) in [4.78, 5) is 17.5. The van der Waals surface area contributed by atoms with Gasteiger partial charge >= 0.3 is 0 Å². The molecule has 4 aliphatic rings. The van der Waals surface area contributed by atoms with E-state index in [9.17, 15) is 4.79 Å². The van der Waals surface area contributed by atoms with E-state index in [-0.39, 0.29) is 5.41 Å². The van der Waals surface area contributed by atoms with Crippen LogP contribution < -0.4 is 10.2 Å². The second kappa shape index (κ2) is 6.25. The van der Waals surface area contributed by atoms with E-state index >= 15 is 0 Å². The zero-order chi connectivity index (χ0) is 17.7. The molecule has 0 spiro atoms. The molecule has 6 heteroatoms. The molecule has 1 aliphatic carbocycles. The molecule has 1 aromatic rings. The fourth-order valence-electron chi connectivity index (χ4n) is 5.63. The van der Waals surface area contributed by atoms with Gasteiger partial charge in [0.1, 0.15) is 0 Å². The quantitative estimate of drug-likeness (QED) is 0.900. The number of nitrogens with one attached hydrogen (secondary N) is 1. The maximum Gasteiger partial charge on any atom is 0.223 e. The van der Waals surface area contributed by atoms with Crippen molar-refractivity contribution in [2.24, 2.45) is 5.41 Å². The van der Waals surface area contributed by atoms with Crippen LogP contribution in [0.15, 0.2) is 6.07 Å². The fraction of sp³-hybridized carbons (Fsp3) is 0.800. The van der Waals surface area contributed by atoms with E-state index in [1.807, 2.05) is 0 Å². The highest BCUT2D eigenvalue weighted by molar-refractivity contribution is 5.77. The van der Waals surface area contributed by atoms with Crippen molar-refractivity contribution in [3.63, 3.8) is 0 Å². The summed E-state index contributed by atoms with van der Waals surface area (Å²) >= 11 is 0. The van der Waals surface area contributed by atoms with E-state index < -0.39 is 0 Å². The summed E-state index contributed by atoms with van der Waals surface area (Å²) in [5, 5.41) is 8.44. The summed E-state index contributed by atoms with van der Waals surface area (Å²) in [7, 11) is 0. The lowest BCUT2D eigenvalue weighted by Gasteiger charge is -2.35. The Morgan fingerprint density at radius 3 is 2.69 bits per heavy atom. The Kier molecular flexibility index (Phi) is 3.99. The highest BCUT2D eigenvalue weighted by Crippen LogP contribution is 2.41. The number of hydrogen-bond acceptors (Lipinski definition) is 4. The van der Waals surface area contributed by atoms with Crippen molar-refractivity contribution in [3.05, 3.63) is 11.8 Å². The van der Waals surface area contributed by atoms with Crippen LogP contribution in [0.1, 0.15) is 57.6 Å². The van der Waals surface area contributed by atoms with Crippen molar-refractivity contribution in [1.29, 1.82) is 0 Å². The largest absolute Gasteiger partial charge is 0.347 e. The lowest BCUT2D eigenvalue weighted by Crippen LogP contribution is -2.52. The third kappa shape index (κ3) is 2.82. The molecule has 5 rings (SSSR count). The van der Waals surface area contributed by atoms with E-state index in [1.54, 1.807) is 0 Å². The molecule has 1 saturated carbocycles. The van der Waals surface area contributed by atoms with Crippen molar-refractivity contribution in [2.75, 3.05) is 24.5 Å². The van der Waals surface area contributed by atoms with E-state index in [1.165, 1.54) is 44.2 Å². The molecule has 0 radical (unpaired) electrons. The molecule has 3 fully saturated rings. The van der Waals surface area contributed by atoms with Gasteiger partial charge in [0.25, 0.3) is 0 Å². The van der Waals surface area contributed by atoms with Gasteiger partial charge in [0.05, 0.1) is 18.8 Å². The highest BCUT2D eigenvalue weighted by atomic mass is 16.2. The fourth-order valence-corrected chi connectivity index (χ4v) is 5.63. The molecule has 1 amide bonds. The van der Waals surface area contributed by atoms with E-state index in [4.69, 9.17) is 5.10 Å². The molecule has 2 bridgehead atoms. The smallest absolute Gasteiger partial charge is 0.223 e. The van der Waals surface area contributed by atoms with Gasteiger partial charge in [-0.25, -0.2) is 0 Å². The average Bonchev–Trinajstić information content (AvgIpc) is 3.30. The van der Waals surface area contributed by atoms with Gasteiger partial charge in [-0.15, -0.1) is 0 Å². The number of nitrogens with zero attached hydrogens (tertiary/aromatic N) is 4. The van der Waals surface area contributed by atoms with E-state index in [0.29, 0.717) is 18.0 Å². The molecule has 26 heavy (non-hydrogen) atoms. The first-order chi connectivity index (χ1) is 12.6. The lowest BCUT2D eigenvalue weighted by atomic mass is 9.84. The number of anilines is 1.